The summed E-state index contributed by atoms with van der Waals surface area (Å²) in [5.74, 6) is 0.628. The van der Waals surface area contributed by atoms with Crippen molar-refractivity contribution in [2.45, 2.75) is 12.5 Å². The summed E-state index contributed by atoms with van der Waals surface area (Å²) < 4.78 is 5.57. The van der Waals surface area contributed by atoms with Crippen LogP contribution in [0.1, 0.15) is 12.0 Å². The Bertz CT molecular complexity index is 487. The molecule has 1 saturated heterocycles. The van der Waals surface area contributed by atoms with Crippen LogP contribution in [0.4, 0.5) is 0 Å². The summed E-state index contributed by atoms with van der Waals surface area (Å²) in [5.41, 5.74) is 0.567. The van der Waals surface area contributed by atoms with Gasteiger partial charge in [0.05, 0.1) is 11.6 Å². The van der Waals surface area contributed by atoms with Gasteiger partial charge in [0.2, 0.25) is 0 Å². The van der Waals surface area contributed by atoms with Gasteiger partial charge in [-0.3, -0.25) is 4.90 Å². The molecule has 21 heavy (non-hydrogen) atoms. The summed E-state index contributed by atoms with van der Waals surface area (Å²) >= 11 is 0. The van der Waals surface area contributed by atoms with E-state index >= 15 is 0 Å². The van der Waals surface area contributed by atoms with Crippen LogP contribution in [0.25, 0.3) is 0 Å². The van der Waals surface area contributed by atoms with E-state index in [1.54, 1.807) is 24.3 Å². The van der Waals surface area contributed by atoms with Gasteiger partial charge in [0.15, 0.2) is 0 Å². The maximum absolute atomic E-state index is 10.1. The molecule has 0 spiro atoms. The number of nitriles is 1. The first kappa shape index (κ1) is 15.8. The number of aliphatic hydroxyl groups is 1. The van der Waals surface area contributed by atoms with Crippen LogP contribution in [0.3, 0.4) is 0 Å². The Hall–Kier alpha value is -1.61. The van der Waals surface area contributed by atoms with Crippen molar-refractivity contribution in [2.75, 3.05) is 46.4 Å². The molecule has 0 aromatic heterocycles. The van der Waals surface area contributed by atoms with Crippen LogP contribution >= 0.6 is 0 Å². The Labute approximate surface area is 126 Å². The topological polar surface area (TPSA) is 59.7 Å². The molecule has 0 amide bonds. The molecule has 1 atom stereocenters. The van der Waals surface area contributed by atoms with E-state index < -0.39 is 6.10 Å². The van der Waals surface area contributed by atoms with Gasteiger partial charge < -0.3 is 14.7 Å². The molecule has 0 bridgehead atoms. The van der Waals surface area contributed by atoms with Crippen molar-refractivity contribution in [3.8, 4) is 11.8 Å². The largest absolute Gasteiger partial charge is 0.491 e. The molecule has 1 aliphatic heterocycles. The average molecular weight is 289 g/mol. The second kappa shape index (κ2) is 7.99. The van der Waals surface area contributed by atoms with Crippen molar-refractivity contribution in [1.82, 2.24) is 9.80 Å². The third-order valence-corrected chi connectivity index (χ3v) is 3.69. The zero-order valence-corrected chi connectivity index (χ0v) is 12.5. The molecule has 114 valence electrons. The number of hydrogen-bond acceptors (Lipinski definition) is 5. The van der Waals surface area contributed by atoms with Gasteiger partial charge in [-0.2, -0.15) is 5.26 Å². The smallest absolute Gasteiger partial charge is 0.120 e. The number of ether oxygens (including phenoxy) is 1. The van der Waals surface area contributed by atoms with Crippen molar-refractivity contribution in [2.24, 2.45) is 0 Å². The van der Waals surface area contributed by atoms with Crippen LogP contribution in [-0.2, 0) is 0 Å². The Balaban J connectivity index is 1.76. The number of β-amino-alcohol motifs (C(OH)–C–C–N with tert-alkyl or cyclic N) is 1. The molecule has 2 rings (SSSR count). The van der Waals surface area contributed by atoms with Gasteiger partial charge in [0.1, 0.15) is 18.5 Å². The van der Waals surface area contributed by atoms with Crippen molar-refractivity contribution >= 4 is 0 Å². The van der Waals surface area contributed by atoms with Crippen LogP contribution in [0.5, 0.6) is 5.75 Å². The summed E-state index contributed by atoms with van der Waals surface area (Å²) in [6.07, 6.45) is 0.619. The predicted octanol–water partition coefficient (Wildman–Crippen LogP) is 0.935. The van der Waals surface area contributed by atoms with Gasteiger partial charge in [-0.05, 0) is 44.8 Å². The summed E-state index contributed by atoms with van der Waals surface area (Å²) in [4.78, 5) is 4.60. The van der Waals surface area contributed by atoms with Crippen molar-refractivity contribution < 1.29 is 9.84 Å². The molecular weight excluding hydrogens is 266 g/mol. The van der Waals surface area contributed by atoms with Crippen LogP contribution < -0.4 is 4.74 Å². The van der Waals surface area contributed by atoms with E-state index in [9.17, 15) is 5.11 Å². The predicted molar refractivity (Wildman–Crippen MR) is 81.2 cm³/mol. The molecule has 1 fully saturated rings. The molecule has 1 aromatic carbocycles. The highest BCUT2D eigenvalue weighted by Crippen LogP contribution is 2.13. The molecule has 5 nitrogen and oxygen atoms in total. The average Bonchev–Trinajstić information content (AvgIpc) is 2.70. The fourth-order valence-electron chi connectivity index (χ4n) is 2.48. The maximum Gasteiger partial charge on any atom is 0.120 e. The Morgan fingerprint density at radius 1 is 1.33 bits per heavy atom. The van der Waals surface area contributed by atoms with Gasteiger partial charge in [0, 0.05) is 19.6 Å². The van der Waals surface area contributed by atoms with Crippen LogP contribution in [-0.4, -0.2) is 67.4 Å². The molecule has 1 N–H and O–H groups in total. The van der Waals surface area contributed by atoms with Gasteiger partial charge in [-0.1, -0.05) is 6.07 Å². The zero-order valence-electron chi connectivity index (χ0n) is 12.5. The van der Waals surface area contributed by atoms with E-state index in [1.165, 1.54) is 0 Å². The quantitative estimate of drug-likeness (QED) is 0.874. The lowest BCUT2D eigenvalue weighted by Crippen LogP contribution is -2.37. The van der Waals surface area contributed by atoms with Crippen LogP contribution in [0.15, 0.2) is 24.3 Å². The molecule has 1 unspecified atom stereocenters. The molecule has 1 aromatic rings. The zero-order chi connectivity index (χ0) is 15.1. The van der Waals surface area contributed by atoms with Crippen molar-refractivity contribution in [1.29, 1.82) is 5.26 Å². The van der Waals surface area contributed by atoms with Crippen LogP contribution in [0, 0.1) is 11.3 Å². The van der Waals surface area contributed by atoms with E-state index in [0.717, 1.165) is 32.6 Å². The monoisotopic (exact) mass is 289 g/mol. The summed E-state index contributed by atoms with van der Waals surface area (Å²) in [5, 5.41) is 18.9. The minimum atomic E-state index is -0.515. The summed E-state index contributed by atoms with van der Waals surface area (Å²) in [7, 11) is 2.13. The third kappa shape index (κ3) is 5.35. The minimum Gasteiger partial charge on any atom is -0.491 e. The molecule has 0 saturated carbocycles. The molecule has 0 aliphatic carbocycles. The van der Waals surface area contributed by atoms with Gasteiger partial charge in [-0.15, -0.1) is 0 Å². The SMILES string of the molecule is CN1CCCN(CC(O)COc2cccc(C#N)c2)CC1. The van der Waals surface area contributed by atoms with E-state index in [0.29, 0.717) is 17.9 Å². The third-order valence-electron chi connectivity index (χ3n) is 3.69. The van der Waals surface area contributed by atoms with E-state index in [4.69, 9.17) is 10.00 Å². The first-order chi connectivity index (χ1) is 10.2. The second-order valence-corrected chi connectivity index (χ2v) is 5.56. The second-order valence-electron chi connectivity index (χ2n) is 5.56. The van der Waals surface area contributed by atoms with Gasteiger partial charge in [-0.25, -0.2) is 0 Å². The molecule has 1 heterocycles. The highest BCUT2D eigenvalue weighted by atomic mass is 16.5. The first-order valence-electron chi connectivity index (χ1n) is 7.39. The summed E-state index contributed by atoms with van der Waals surface area (Å²) in [6, 6.07) is 9.08. The Kier molecular flexibility index (Phi) is 6.00. The minimum absolute atomic E-state index is 0.251. The lowest BCUT2D eigenvalue weighted by Gasteiger charge is -2.23. The molecule has 5 heteroatoms. The lowest BCUT2D eigenvalue weighted by atomic mass is 10.2. The van der Waals surface area contributed by atoms with Gasteiger partial charge in [0.25, 0.3) is 0 Å². The number of hydrogen-bond donors (Lipinski definition) is 1. The highest BCUT2D eigenvalue weighted by Gasteiger charge is 2.16. The molecular formula is C16H23N3O2. The van der Waals surface area contributed by atoms with E-state index in [-0.39, 0.29) is 6.61 Å². The molecule has 0 radical (unpaired) electrons. The first-order valence-corrected chi connectivity index (χ1v) is 7.39. The highest BCUT2D eigenvalue weighted by molar-refractivity contribution is 5.36. The number of aliphatic hydroxyl groups excluding tert-OH is 1. The Morgan fingerprint density at radius 3 is 3.00 bits per heavy atom. The van der Waals surface area contributed by atoms with Crippen molar-refractivity contribution in [3.05, 3.63) is 29.8 Å². The van der Waals surface area contributed by atoms with E-state index in [2.05, 4.69) is 22.9 Å². The normalized spacial score (nSPS) is 18.7. The summed E-state index contributed by atoms with van der Waals surface area (Å²) in [6.45, 7) is 5.04. The van der Waals surface area contributed by atoms with Crippen molar-refractivity contribution in [3.63, 3.8) is 0 Å². The number of nitrogens with zero attached hydrogens (tertiary/aromatic N) is 3. The van der Waals surface area contributed by atoms with Crippen LogP contribution in [0.2, 0.25) is 0 Å². The Morgan fingerprint density at radius 2 is 2.19 bits per heavy atom. The fraction of sp³-hybridized carbons (Fsp3) is 0.562. The number of benzene rings is 1. The lowest BCUT2D eigenvalue weighted by molar-refractivity contribution is 0.0696. The standard InChI is InChI=1S/C16H23N3O2/c1-18-6-3-7-19(9-8-18)12-15(20)13-21-16-5-2-4-14(10-16)11-17/h2,4-5,10,15,20H,3,6-9,12-13H2,1H3. The fourth-order valence-corrected chi connectivity index (χ4v) is 2.48. The maximum atomic E-state index is 10.1. The van der Waals surface area contributed by atoms with E-state index in [1.807, 2.05) is 0 Å². The number of likely N-dealkylation sites (N-methyl/N-ethyl adjacent to an activating group) is 1. The number of rotatable bonds is 5. The van der Waals surface area contributed by atoms with Gasteiger partial charge >= 0.3 is 0 Å². The molecule has 1 aliphatic rings.